The molecular formula is C16H25Cl2N. The van der Waals surface area contributed by atoms with Crippen molar-refractivity contribution in [3.05, 3.63) is 33.8 Å². The van der Waals surface area contributed by atoms with Crippen molar-refractivity contribution in [2.75, 3.05) is 0 Å². The van der Waals surface area contributed by atoms with Crippen molar-refractivity contribution in [3.8, 4) is 0 Å². The Labute approximate surface area is 127 Å². The molecule has 0 aliphatic rings. The number of hydrogen-bond acceptors (Lipinski definition) is 1. The molecule has 3 heteroatoms. The van der Waals surface area contributed by atoms with Gasteiger partial charge in [0.2, 0.25) is 0 Å². The van der Waals surface area contributed by atoms with Crippen LogP contribution in [-0.4, -0.2) is 6.04 Å². The van der Waals surface area contributed by atoms with Crippen LogP contribution >= 0.6 is 23.2 Å². The van der Waals surface area contributed by atoms with Crippen LogP contribution in [-0.2, 0) is 0 Å². The van der Waals surface area contributed by atoms with Gasteiger partial charge in [-0.1, -0.05) is 62.9 Å². The Bertz CT molecular complexity index is 388. The van der Waals surface area contributed by atoms with Crippen molar-refractivity contribution in [2.45, 2.75) is 59.0 Å². The van der Waals surface area contributed by atoms with E-state index in [1.807, 2.05) is 18.2 Å². The Kier molecular flexibility index (Phi) is 7.20. The number of rotatable bonds is 7. The van der Waals surface area contributed by atoms with Crippen molar-refractivity contribution in [1.29, 1.82) is 0 Å². The molecule has 0 saturated carbocycles. The van der Waals surface area contributed by atoms with Gasteiger partial charge >= 0.3 is 0 Å². The summed E-state index contributed by atoms with van der Waals surface area (Å²) in [6.45, 7) is 8.96. The highest BCUT2D eigenvalue weighted by atomic mass is 35.5. The first-order valence-corrected chi connectivity index (χ1v) is 7.99. The van der Waals surface area contributed by atoms with E-state index in [9.17, 15) is 0 Å². The normalized spacial score (nSPS) is 14.7. The predicted molar refractivity (Wildman–Crippen MR) is 86.2 cm³/mol. The first-order chi connectivity index (χ1) is 9.03. The highest BCUT2D eigenvalue weighted by Gasteiger charge is 2.19. The number of halogens is 2. The van der Waals surface area contributed by atoms with Crippen LogP contribution < -0.4 is 5.32 Å². The van der Waals surface area contributed by atoms with Crippen LogP contribution in [0, 0.1) is 5.92 Å². The van der Waals surface area contributed by atoms with Crippen LogP contribution in [0.15, 0.2) is 18.2 Å². The summed E-state index contributed by atoms with van der Waals surface area (Å²) < 4.78 is 0. The molecule has 0 radical (unpaired) electrons. The molecule has 0 bridgehead atoms. The second kappa shape index (κ2) is 8.14. The fraction of sp³-hybridized carbons (Fsp3) is 0.625. The summed E-state index contributed by atoms with van der Waals surface area (Å²) in [5.41, 5.74) is 1.14. The second-order valence-corrected chi connectivity index (χ2v) is 6.00. The molecule has 0 aliphatic carbocycles. The van der Waals surface area contributed by atoms with Gasteiger partial charge in [0.1, 0.15) is 0 Å². The maximum absolute atomic E-state index is 6.31. The quantitative estimate of drug-likeness (QED) is 0.665. The minimum absolute atomic E-state index is 0.292. The van der Waals surface area contributed by atoms with Gasteiger partial charge in [0.05, 0.1) is 0 Å². The van der Waals surface area contributed by atoms with Gasteiger partial charge in [0.15, 0.2) is 0 Å². The van der Waals surface area contributed by atoms with E-state index in [4.69, 9.17) is 23.2 Å². The van der Waals surface area contributed by atoms with E-state index in [0.29, 0.717) is 23.0 Å². The van der Waals surface area contributed by atoms with Crippen LogP contribution in [0.1, 0.15) is 58.6 Å². The zero-order valence-electron chi connectivity index (χ0n) is 12.3. The summed E-state index contributed by atoms with van der Waals surface area (Å²) in [4.78, 5) is 0. The summed E-state index contributed by atoms with van der Waals surface area (Å²) in [5.74, 6) is 0.708. The van der Waals surface area contributed by atoms with Gasteiger partial charge in [-0.25, -0.2) is 0 Å². The second-order valence-electron chi connectivity index (χ2n) is 5.16. The molecule has 0 spiro atoms. The molecule has 1 aromatic rings. The SMILES string of the molecule is CCC(NC(C)C(CC)CC)c1ccc(Cl)cc1Cl. The molecule has 1 rings (SSSR count). The lowest BCUT2D eigenvalue weighted by molar-refractivity contribution is 0.319. The summed E-state index contributed by atoms with van der Waals surface area (Å²) in [6, 6.07) is 6.55. The van der Waals surface area contributed by atoms with E-state index in [-0.39, 0.29) is 0 Å². The molecule has 108 valence electrons. The van der Waals surface area contributed by atoms with E-state index in [1.54, 1.807) is 0 Å². The van der Waals surface area contributed by atoms with Crippen LogP contribution in [0.2, 0.25) is 10.0 Å². The summed E-state index contributed by atoms with van der Waals surface area (Å²) in [5, 5.41) is 5.16. The summed E-state index contributed by atoms with van der Waals surface area (Å²) >= 11 is 12.3. The monoisotopic (exact) mass is 301 g/mol. The zero-order valence-corrected chi connectivity index (χ0v) is 13.9. The molecule has 1 N–H and O–H groups in total. The van der Waals surface area contributed by atoms with E-state index < -0.39 is 0 Å². The lowest BCUT2D eigenvalue weighted by Gasteiger charge is -2.28. The molecular weight excluding hydrogens is 277 g/mol. The minimum atomic E-state index is 0.292. The maximum Gasteiger partial charge on any atom is 0.0468 e. The van der Waals surface area contributed by atoms with Gasteiger partial charge < -0.3 is 5.32 Å². The van der Waals surface area contributed by atoms with Gasteiger partial charge in [-0.05, 0) is 37.0 Å². The zero-order chi connectivity index (χ0) is 14.4. The van der Waals surface area contributed by atoms with E-state index in [0.717, 1.165) is 17.0 Å². The van der Waals surface area contributed by atoms with Crippen molar-refractivity contribution in [1.82, 2.24) is 5.32 Å². The molecule has 0 aromatic heterocycles. The molecule has 1 aromatic carbocycles. The Morgan fingerprint density at radius 3 is 2.16 bits per heavy atom. The van der Waals surface area contributed by atoms with E-state index >= 15 is 0 Å². The lowest BCUT2D eigenvalue weighted by Crippen LogP contribution is -2.36. The first kappa shape index (κ1) is 16.8. The van der Waals surface area contributed by atoms with Crippen molar-refractivity contribution in [2.24, 2.45) is 5.92 Å². The molecule has 19 heavy (non-hydrogen) atoms. The van der Waals surface area contributed by atoms with Crippen LogP contribution in [0.3, 0.4) is 0 Å². The summed E-state index contributed by atoms with van der Waals surface area (Å²) in [6.07, 6.45) is 3.43. The Morgan fingerprint density at radius 2 is 1.68 bits per heavy atom. The average Bonchev–Trinajstić information content (AvgIpc) is 2.38. The Balaban J connectivity index is 2.83. The van der Waals surface area contributed by atoms with Crippen molar-refractivity contribution in [3.63, 3.8) is 0 Å². The van der Waals surface area contributed by atoms with Crippen LogP contribution in [0.25, 0.3) is 0 Å². The van der Waals surface area contributed by atoms with Gasteiger partial charge in [-0.2, -0.15) is 0 Å². The standard InChI is InChI=1S/C16H25Cl2N/c1-5-12(6-2)11(4)19-16(7-3)14-9-8-13(17)10-15(14)18/h8-12,16,19H,5-7H2,1-4H3. The molecule has 0 heterocycles. The highest BCUT2D eigenvalue weighted by molar-refractivity contribution is 6.35. The number of nitrogens with one attached hydrogen (secondary N) is 1. The third-order valence-electron chi connectivity index (χ3n) is 3.97. The van der Waals surface area contributed by atoms with Gasteiger partial charge in [-0.3, -0.25) is 0 Å². The third kappa shape index (κ3) is 4.66. The van der Waals surface area contributed by atoms with E-state index in [2.05, 4.69) is 33.0 Å². The van der Waals surface area contributed by atoms with Gasteiger partial charge in [0.25, 0.3) is 0 Å². The average molecular weight is 302 g/mol. The fourth-order valence-electron chi connectivity index (χ4n) is 2.66. The number of hydrogen-bond donors (Lipinski definition) is 1. The molecule has 0 saturated heterocycles. The molecule has 0 amide bonds. The molecule has 0 fully saturated rings. The molecule has 1 nitrogen and oxygen atoms in total. The molecule has 2 unspecified atom stereocenters. The molecule has 0 aliphatic heterocycles. The molecule has 2 atom stereocenters. The van der Waals surface area contributed by atoms with Crippen molar-refractivity contribution < 1.29 is 0 Å². The largest absolute Gasteiger partial charge is 0.307 e. The van der Waals surface area contributed by atoms with Gasteiger partial charge in [-0.15, -0.1) is 0 Å². The number of benzene rings is 1. The van der Waals surface area contributed by atoms with E-state index in [1.165, 1.54) is 12.8 Å². The summed E-state index contributed by atoms with van der Waals surface area (Å²) in [7, 11) is 0. The smallest absolute Gasteiger partial charge is 0.0468 e. The Morgan fingerprint density at radius 1 is 1.05 bits per heavy atom. The lowest BCUT2D eigenvalue weighted by atomic mass is 9.93. The topological polar surface area (TPSA) is 12.0 Å². The van der Waals surface area contributed by atoms with Crippen LogP contribution in [0.4, 0.5) is 0 Å². The maximum atomic E-state index is 6.31. The predicted octanol–water partition coefficient (Wildman–Crippen LogP) is 5.86. The van der Waals surface area contributed by atoms with Crippen LogP contribution in [0.5, 0.6) is 0 Å². The fourth-order valence-corrected chi connectivity index (χ4v) is 3.20. The third-order valence-corrected chi connectivity index (χ3v) is 4.53. The highest BCUT2D eigenvalue weighted by Crippen LogP contribution is 2.29. The Hall–Kier alpha value is -0.240. The first-order valence-electron chi connectivity index (χ1n) is 7.24. The van der Waals surface area contributed by atoms with Crippen molar-refractivity contribution >= 4 is 23.2 Å². The van der Waals surface area contributed by atoms with Gasteiger partial charge in [0, 0.05) is 22.1 Å². The minimum Gasteiger partial charge on any atom is -0.307 e.